The molecule has 4 nitrogen and oxygen atoms in total. The van der Waals surface area contributed by atoms with Gasteiger partial charge in [0.05, 0.1) is 20.3 Å². The van der Waals surface area contributed by atoms with E-state index >= 15 is 0 Å². The van der Waals surface area contributed by atoms with Gasteiger partial charge in [-0.15, -0.1) is 0 Å². The van der Waals surface area contributed by atoms with Crippen LogP contribution in [-0.2, 0) is 4.74 Å². The third-order valence-electron chi connectivity index (χ3n) is 4.07. The summed E-state index contributed by atoms with van der Waals surface area (Å²) in [6.45, 7) is 10.1. The number of morpholine rings is 1. The Labute approximate surface area is 128 Å². The van der Waals surface area contributed by atoms with Crippen LogP contribution < -0.4 is 15.0 Å². The smallest absolute Gasteiger partial charge is 0.125 e. The number of nitrogens with one attached hydrogen (secondary N) is 1. The second-order valence-electron chi connectivity index (χ2n) is 5.69. The van der Waals surface area contributed by atoms with Gasteiger partial charge in [0.1, 0.15) is 5.75 Å². The summed E-state index contributed by atoms with van der Waals surface area (Å²) in [7, 11) is 1.75. The van der Waals surface area contributed by atoms with Crippen molar-refractivity contribution in [1.29, 1.82) is 0 Å². The third kappa shape index (κ3) is 3.69. The molecular weight excluding hydrogens is 264 g/mol. The van der Waals surface area contributed by atoms with Gasteiger partial charge in [-0.2, -0.15) is 0 Å². The molecule has 1 fully saturated rings. The lowest BCUT2D eigenvalue weighted by atomic mass is 10.0. The Balaban J connectivity index is 2.35. The number of ether oxygens (including phenoxy) is 2. The zero-order chi connectivity index (χ0) is 15.2. The van der Waals surface area contributed by atoms with Gasteiger partial charge in [0.25, 0.3) is 0 Å². The van der Waals surface area contributed by atoms with Crippen molar-refractivity contribution in [3.63, 3.8) is 0 Å². The summed E-state index contributed by atoms with van der Waals surface area (Å²) in [6.07, 6.45) is 1.13. The predicted octanol–water partition coefficient (Wildman–Crippen LogP) is 2.98. The normalized spacial score (nSPS) is 20.4. The number of rotatable bonds is 6. The fourth-order valence-corrected chi connectivity index (χ4v) is 2.94. The monoisotopic (exact) mass is 292 g/mol. The summed E-state index contributed by atoms with van der Waals surface area (Å²) in [5.41, 5.74) is 2.52. The number of hydrogen-bond acceptors (Lipinski definition) is 4. The highest BCUT2D eigenvalue weighted by Crippen LogP contribution is 2.36. The molecule has 1 aliphatic heterocycles. The molecule has 0 aliphatic carbocycles. The van der Waals surface area contributed by atoms with Crippen LogP contribution in [0.25, 0.3) is 0 Å². The number of benzene rings is 1. The molecule has 0 bridgehead atoms. The molecule has 2 atom stereocenters. The molecule has 1 aromatic rings. The van der Waals surface area contributed by atoms with E-state index in [-0.39, 0.29) is 6.04 Å². The molecule has 2 unspecified atom stereocenters. The van der Waals surface area contributed by atoms with Gasteiger partial charge in [-0.05, 0) is 38.9 Å². The fourth-order valence-electron chi connectivity index (χ4n) is 2.94. The van der Waals surface area contributed by atoms with Gasteiger partial charge in [-0.3, -0.25) is 0 Å². The predicted molar refractivity (Wildman–Crippen MR) is 87.3 cm³/mol. The lowest BCUT2D eigenvalue weighted by molar-refractivity contribution is 0.0988. The summed E-state index contributed by atoms with van der Waals surface area (Å²) < 4.78 is 11.2. The van der Waals surface area contributed by atoms with Crippen LogP contribution in [0.15, 0.2) is 18.2 Å². The van der Waals surface area contributed by atoms with E-state index < -0.39 is 0 Å². The Hall–Kier alpha value is -1.26. The Morgan fingerprint density at radius 1 is 1.48 bits per heavy atom. The molecule has 4 heteroatoms. The van der Waals surface area contributed by atoms with Crippen LogP contribution in [0, 0.1) is 0 Å². The number of methoxy groups -OCH3 is 1. The van der Waals surface area contributed by atoms with Crippen molar-refractivity contribution in [3.05, 3.63) is 23.8 Å². The SMILES string of the molecule is CCCNC(C)c1c(OC)cccc1N1CCOCC1C. The second-order valence-corrected chi connectivity index (χ2v) is 5.69. The highest BCUT2D eigenvalue weighted by molar-refractivity contribution is 5.61. The van der Waals surface area contributed by atoms with E-state index in [2.05, 4.69) is 43.1 Å². The molecule has 1 aromatic carbocycles. The minimum Gasteiger partial charge on any atom is -0.496 e. The molecule has 0 amide bonds. The van der Waals surface area contributed by atoms with Crippen LogP contribution >= 0.6 is 0 Å². The summed E-state index contributed by atoms with van der Waals surface area (Å²) in [5.74, 6) is 0.960. The second kappa shape index (κ2) is 7.66. The topological polar surface area (TPSA) is 33.7 Å². The van der Waals surface area contributed by atoms with E-state index in [0.29, 0.717) is 6.04 Å². The van der Waals surface area contributed by atoms with Crippen LogP contribution in [0.4, 0.5) is 5.69 Å². The number of anilines is 1. The Kier molecular flexibility index (Phi) is 5.88. The third-order valence-corrected chi connectivity index (χ3v) is 4.07. The molecule has 1 heterocycles. The van der Waals surface area contributed by atoms with E-state index in [0.717, 1.165) is 38.5 Å². The lowest BCUT2D eigenvalue weighted by Gasteiger charge is -2.37. The maximum atomic E-state index is 5.62. The summed E-state index contributed by atoms with van der Waals surface area (Å²) >= 11 is 0. The van der Waals surface area contributed by atoms with Crippen LogP contribution in [0.2, 0.25) is 0 Å². The van der Waals surface area contributed by atoms with E-state index in [1.54, 1.807) is 7.11 Å². The van der Waals surface area contributed by atoms with Crippen molar-refractivity contribution in [2.45, 2.75) is 39.3 Å². The van der Waals surface area contributed by atoms with Crippen LogP contribution in [-0.4, -0.2) is 39.5 Å². The van der Waals surface area contributed by atoms with Gasteiger partial charge in [-0.1, -0.05) is 13.0 Å². The highest BCUT2D eigenvalue weighted by Gasteiger charge is 2.25. The van der Waals surface area contributed by atoms with Gasteiger partial charge >= 0.3 is 0 Å². The van der Waals surface area contributed by atoms with Gasteiger partial charge in [0, 0.05) is 29.9 Å². The minimum atomic E-state index is 0.270. The first-order valence-electron chi connectivity index (χ1n) is 7.93. The van der Waals surface area contributed by atoms with E-state index in [1.807, 2.05) is 6.07 Å². The molecule has 2 rings (SSSR count). The molecule has 21 heavy (non-hydrogen) atoms. The van der Waals surface area contributed by atoms with Gasteiger partial charge in [0.15, 0.2) is 0 Å². The fraction of sp³-hybridized carbons (Fsp3) is 0.647. The highest BCUT2D eigenvalue weighted by atomic mass is 16.5. The molecule has 1 N–H and O–H groups in total. The van der Waals surface area contributed by atoms with Crippen molar-refractivity contribution >= 4 is 5.69 Å². The Morgan fingerprint density at radius 2 is 2.29 bits per heavy atom. The van der Waals surface area contributed by atoms with Crippen molar-refractivity contribution in [3.8, 4) is 5.75 Å². The standard InChI is InChI=1S/C17H28N2O2/c1-5-9-18-14(3)17-15(7-6-8-16(17)20-4)19-10-11-21-12-13(19)2/h6-8,13-14,18H,5,9-12H2,1-4H3. The molecule has 1 saturated heterocycles. The summed E-state index contributed by atoms with van der Waals surface area (Å²) in [4.78, 5) is 2.44. The van der Waals surface area contributed by atoms with Gasteiger partial charge in [0.2, 0.25) is 0 Å². The average Bonchev–Trinajstić information content (AvgIpc) is 2.52. The Morgan fingerprint density at radius 3 is 2.95 bits per heavy atom. The van der Waals surface area contributed by atoms with E-state index in [1.165, 1.54) is 11.3 Å². The molecule has 0 spiro atoms. The van der Waals surface area contributed by atoms with Crippen LogP contribution in [0.3, 0.4) is 0 Å². The maximum Gasteiger partial charge on any atom is 0.125 e. The molecule has 118 valence electrons. The van der Waals surface area contributed by atoms with Crippen LogP contribution in [0.1, 0.15) is 38.8 Å². The Bertz CT molecular complexity index is 450. The molecule has 1 aliphatic rings. The van der Waals surface area contributed by atoms with Gasteiger partial charge in [-0.25, -0.2) is 0 Å². The first-order valence-corrected chi connectivity index (χ1v) is 7.93. The zero-order valence-electron chi connectivity index (χ0n) is 13.7. The minimum absolute atomic E-state index is 0.270. The molecule has 0 saturated carbocycles. The van der Waals surface area contributed by atoms with Crippen molar-refractivity contribution in [1.82, 2.24) is 5.32 Å². The van der Waals surface area contributed by atoms with Crippen molar-refractivity contribution in [2.24, 2.45) is 0 Å². The molecule has 0 aromatic heterocycles. The number of nitrogens with zero attached hydrogens (tertiary/aromatic N) is 1. The summed E-state index contributed by atoms with van der Waals surface area (Å²) in [6, 6.07) is 6.98. The first kappa shape index (κ1) is 16.1. The van der Waals surface area contributed by atoms with Crippen molar-refractivity contribution in [2.75, 3.05) is 38.3 Å². The van der Waals surface area contributed by atoms with Crippen LogP contribution in [0.5, 0.6) is 5.75 Å². The summed E-state index contributed by atoms with van der Waals surface area (Å²) in [5, 5.41) is 3.58. The average molecular weight is 292 g/mol. The zero-order valence-corrected chi connectivity index (χ0v) is 13.7. The van der Waals surface area contributed by atoms with E-state index in [9.17, 15) is 0 Å². The largest absolute Gasteiger partial charge is 0.496 e. The van der Waals surface area contributed by atoms with Crippen molar-refractivity contribution < 1.29 is 9.47 Å². The molecule has 0 radical (unpaired) electrons. The number of hydrogen-bond donors (Lipinski definition) is 1. The molecular formula is C17H28N2O2. The van der Waals surface area contributed by atoms with E-state index in [4.69, 9.17) is 9.47 Å². The quantitative estimate of drug-likeness (QED) is 0.874. The van der Waals surface area contributed by atoms with Gasteiger partial charge < -0.3 is 19.7 Å². The lowest BCUT2D eigenvalue weighted by Crippen LogP contribution is -2.44. The maximum absolute atomic E-state index is 5.62. The first-order chi connectivity index (χ1) is 10.2.